The van der Waals surface area contributed by atoms with Crippen LogP contribution in [0.2, 0.25) is 5.15 Å². The molecular formula is C7H5ClF3N. The second kappa shape index (κ2) is 3.31. The normalized spacial score (nSPS) is 10.8. The summed E-state index contributed by atoms with van der Waals surface area (Å²) in [5.41, 5.74) is -0.568. The van der Waals surface area contributed by atoms with Gasteiger partial charge in [0.15, 0.2) is 11.0 Å². The molecule has 0 aliphatic rings. The molecule has 1 rings (SSSR count). The van der Waals surface area contributed by atoms with Gasteiger partial charge in [-0.25, -0.2) is 18.2 Å². The molecule has 0 unspecified atom stereocenters. The van der Waals surface area contributed by atoms with Gasteiger partial charge in [-0.1, -0.05) is 11.6 Å². The molecule has 1 nitrogen and oxygen atoms in total. The molecule has 0 aliphatic carbocycles. The van der Waals surface area contributed by atoms with Gasteiger partial charge in [0.2, 0.25) is 0 Å². The number of hydrogen-bond donors (Lipinski definition) is 0. The smallest absolute Gasteiger partial charge is 0.241 e. The number of pyridine rings is 1. The number of nitrogens with zero attached hydrogens (tertiary/aromatic N) is 1. The number of hydrogen-bond acceptors (Lipinski definition) is 1. The van der Waals surface area contributed by atoms with Crippen molar-refractivity contribution in [2.75, 3.05) is 0 Å². The summed E-state index contributed by atoms with van der Waals surface area (Å²) < 4.78 is 37.1. The van der Waals surface area contributed by atoms with Crippen molar-refractivity contribution in [2.45, 2.75) is 13.3 Å². The molecule has 0 bridgehead atoms. The van der Waals surface area contributed by atoms with Gasteiger partial charge in [0, 0.05) is 6.20 Å². The fourth-order valence-electron chi connectivity index (χ4n) is 0.832. The second-order valence-corrected chi connectivity index (χ2v) is 2.62. The van der Waals surface area contributed by atoms with E-state index in [4.69, 9.17) is 11.6 Å². The zero-order valence-corrected chi connectivity index (χ0v) is 6.87. The van der Waals surface area contributed by atoms with Crippen LogP contribution in [0.25, 0.3) is 0 Å². The average Bonchev–Trinajstić information content (AvgIpc) is 1.97. The summed E-state index contributed by atoms with van der Waals surface area (Å²) in [6, 6.07) is 0. The topological polar surface area (TPSA) is 12.9 Å². The fourth-order valence-corrected chi connectivity index (χ4v) is 0.982. The van der Waals surface area contributed by atoms with Crippen LogP contribution in [0.3, 0.4) is 0 Å². The largest absolute Gasteiger partial charge is 0.267 e. The van der Waals surface area contributed by atoms with Gasteiger partial charge in [-0.3, -0.25) is 0 Å². The van der Waals surface area contributed by atoms with E-state index < -0.39 is 23.0 Å². The Morgan fingerprint density at radius 1 is 1.50 bits per heavy atom. The first-order valence-electron chi connectivity index (χ1n) is 3.12. The molecule has 0 atom stereocenters. The molecule has 0 N–H and O–H groups in total. The van der Waals surface area contributed by atoms with Gasteiger partial charge in [0.25, 0.3) is 6.43 Å². The highest BCUT2D eigenvalue weighted by molar-refractivity contribution is 6.29. The monoisotopic (exact) mass is 195 g/mol. The number of halogens is 4. The van der Waals surface area contributed by atoms with E-state index in [0.29, 0.717) is 0 Å². The van der Waals surface area contributed by atoms with Crippen LogP contribution in [0, 0.1) is 12.7 Å². The molecule has 66 valence electrons. The Balaban J connectivity index is 3.33. The Morgan fingerprint density at radius 3 is 2.50 bits per heavy atom. The number of rotatable bonds is 1. The van der Waals surface area contributed by atoms with Crippen LogP contribution < -0.4 is 0 Å². The summed E-state index contributed by atoms with van der Waals surface area (Å²) in [6.07, 6.45) is -1.74. The predicted octanol–water partition coefficient (Wildman–Crippen LogP) is 3.12. The first-order valence-corrected chi connectivity index (χ1v) is 3.50. The Bertz CT molecular complexity index is 301. The minimum Gasteiger partial charge on any atom is -0.241 e. The zero-order valence-electron chi connectivity index (χ0n) is 6.11. The van der Waals surface area contributed by atoms with Crippen molar-refractivity contribution in [1.29, 1.82) is 0 Å². The van der Waals surface area contributed by atoms with E-state index in [1.807, 2.05) is 0 Å². The molecule has 1 aromatic heterocycles. The van der Waals surface area contributed by atoms with Crippen molar-refractivity contribution >= 4 is 11.6 Å². The maximum absolute atomic E-state index is 12.8. The van der Waals surface area contributed by atoms with Crippen molar-refractivity contribution in [3.8, 4) is 0 Å². The zero-order chi connectivity index (χ0) is 9.30. The molecule has 0 saturated heterocycles. The Morgan fingerprint density at radius 2 is 2.08 bits per heavy atom. The van der Waals surface area contributed by atoms with E-state index >= 15 is 0 Å². The van der Waals surface area contributed by atoms with Crippen LogP contribution >= 0.6 is 11.6 Å². The summed E-state index contributed by atoms with van der Waals surface area (Å²) in [6.45, 7) is 1.36. The lowest BCUT2D eigenvalue weighted by molar-refractivity contribution is 0.145. The van der Waals surface area contributed by atoms with Crippen molar-refractivity contribution in [1.82, 2.24) is 4.98 Å². The highest BCUT2D eigenvalue weighted by Gasteiger charge is 2.19. The third-order valence-electron chi connectivity index (χ3n) is 1.43. The minimum absolute atomic E-state index is 0.104. The summed E-state index contributed by atoms with van der Waals surface area (Å²) in [5, 5.41) is -0.518. The molecule has 0 aliphatic heterocycles. The van der Waals surface area contributed by atoms with Gasteiger partial charge in [0.1, 0.15) is 0 Å². The molecule has 1 heterocycles. The lowest BCUT2D eigenvalue weighted by Crippen LogP contribution is -1.97. The van der Waals surface area contributed by atoms with E-state index in [2.05, 4.69) is 4.98 Å². The summed E-state index contributed by atoms with van der Waals surface area (Å²) in [5.74, 6) is -1.13. The molecule has 0 amide bonds. The molecular weight excluding hydrogens is 191 g/mol. The van der Waals surface area contributed by atoms with Gasteiger partial charge in [-0.05, 0) is 12.5 Å². The molecule has 0 aromatic carbocycles. The van der Waals surface area contributed by atoms with Crippen LogP contribution in [0.4, 0.5) is 13.2 Å². The highest BCUT2D eigenvalue weighted by Crippen LogP contribution is 2.27. The van der Waals surface area contributed by atoms with Gasteiger partial charge < -0.3 is 0 Å². The molecule has 5 heteroatoms. The fraction of sp³-hybridized carbons (Fsp3) is 0.286. The third-order valence-corrected chi connectivity index (χ3v) is 1.70. The average molecular weight is 196 g/mol. The number of aryl methyl sites for hydroxylation is 1. The first kappa shape index (κ1) is 9.32. The quantitative estimate of drug-likeness (QED) is 0.628. The minimum atomic E-state index is -2.86. The first-order chi connectivity index (χ1) is 5.54. The Hall–Kier alpha value is -0.770. The number of alkyl halides is 2. The molecule has 0 spiro atoms. The highest BCUT2D eigenvalue weighted by atomic mass is 35.5. The predicted molar refractivity (Wildman–Crippen MR) is 38.9 cm³/mol. The lowest BCUT2D eigenvalue weighted by atomic mass is 10.1. The standard InChI is InChI=1S/C7H5ClF3N/c1-3-2-12-6(8)5(9)4(3)7(10)11/h2,7H,1H3. The van der Waals surface area contributed by atoms with E-state index in [0.717, 1.165) is 6.20 Å². The SMILES string of the molecule is Cc1cnc(Cl)c(F)c1C(F)F. The van der Waals surface area contributed by atoms with E-state index in [1.165, 1.54) is 6.92 Å². The van der Waals surface area contributed by atoms with E-state index in [-0.39, 0.29) is 5.56 Å². The third kappa shape index (κ3) is 1.53. The van der Waals surface area contributed by atoms with Crippen molar-refractivity contribution < 1.29 is 13.2 Å². The van der Waals surface area contributed by atoms with Crippen molar-refractivity contribution in [3.05, 3.63) is 28.3 Å². The van der Waals surface area contributed by atoms with Crippen molar-refractivity contribution in [3.63, 3.8) is 0 Å². The molecule has 12 heavy (non-hydrogen) atoms. The van der Waals surface area contributed by atoms with Crippen LogP contribution in [0.1, 0.15) is 17.6 Å². The van der Waals surface area contributed by atoms with E-state index in [9.17, 15) is 13.2 Å². The molecule has 0 radical (unpaired) electrons. The van der Waals surface area contributed by atoms with E-state index in [1.54, 1.807) is 0 Å². The van der Waals surface area contributed by atoms with Crippen LogP contribution in [-0.4, -0.2) is 4.98 Å². The molecule has 1 aromatic rings. The molecule has 0 saturated carbocycles. The van der Waals surface area contributed by atoms with Crippen LogP contribution in [-0.2, 0) is 0 Å². The second-order valence-electron chi connectivity index (χ2n) is 2.26. The Kier molecular flexibility index (Phi) is 2.57. The van der Waals surface area contributed by atoms with Gasteiger partial charge >= 0.3 is 0 Å². The van der Waals surface area contributed by atoms with Gasteiger partial charge in [0.05, 0.1) is 5.56 Å². The maximum atomic E-state index is 12.8. The maximum Gasteiger partial charge on any atom is 0.267 e. The van der Waals surface area contributed by atoms with Crippen molar-refractivity contribution in [2.24, 2.45) is 0 Å². The summed E-state index contributed by atoms with van der Waals surface area (Å²) in [4.78, 5) is 3.38. The summed E-state index contributed by atoms with van der Waals surface area (Å²) in [7, 11) is 0. The lowest BCUT2D eigenvalue weighted by Gasteiger charge is -2.05. The van der Waals surface area contributed by atoms with Crippen LogP contribution in [0.15, 0.2) is 6.20 Å². The molecule has 0 fully saturated rings. The number of aromatic nitrogens is 1. The van der Waals surface area contributed by atoms with Gasteiger partial charge in [-0.15, -0.1) is 0 Å². The summed E-state index contributed by atoms with van der Waals surface area (Å²) >= 11 is 5.21. The van der Waals surface area contributed by atoms with Crippen LogP contribution in [0.5, 0.6) is 0 Å². The Labute approximate surface area is 72.2 Å². The van der Waals surface area contributed by atoms with Gasteiger partial charge in [-0.2, -0.15) is 0 Å².